The standard InChI is InChI=1S/C10H18N2/c1-4-12-8-9(7-11)5-6-10(12,2)3/h9H,4-6,8H2,1-3H3. The molecule has 2 nitrogen and oxygen atoms in total. The van der Waals surface area contributed by atoms with Crippen LogP contribution in [-0.2, 0) is 0 Å². The highest BCUT2D eigenvalue weighted by atomic mass is 15.2. The minimum Gasteiger partial charge on any atom is -0.297 e. The van der Waals surface area contributed by atoms with E-state index in [-0.39, 0.29) is 5.92 Å². The van der Waals surface area contributed by atoms with Crippen molar-refractivity contribution in [2.75, 3.05) is 13.1 Å². The van der Waals surface area contributed by atoms with Gasteiger partial charge in [-0.3, -0.25) is 4.90 Å². The third kappa shape index (κ3) is 1.78. The molecular formula is C10H18N2. The molecule has 1 aliphatic heterocycles. The number of hydrogen-bond donors (Lipinski definition) is 0. The second-order valence-electron chi connectivity index (χ2n) is 4.22. The van der Waals surface area contributed by atoms with E-state index in [1.165, 1.54) is 0 Å². The molecule has 12 heavy (non-hydrogen) atoms. The number of hydrogen-bond acceptors (Lipinski definition) is 2. The number of nitrogens with zero attached hydrogens (tertiary/aromatic N) is 2. The van der Waals surface area contributed by atoms with E-state index in [0.29, 0.717) is 5.54 Å². The summed E-state index contributed by atoms with van der Waals surface area (Å²) in [5.74, 6) is 0.262. The summed E-state index contributed by atoms with van der Waals surface area (Å²) in [5.41, 5.74) is 0.308. The average Bonchev–Trinajstić information content (AvgIpc) is 2.04. The lowest BCUT2D eigenvalue weighted by Gasteiger charge is -2.43. The Labute approximate surface area is 75.2 Å². The van der Waals surface area contributed by atoms with Crippen molar-refractivity contribution in [1.29, 1.82) is 5.26 Å². The van der Waals surface area contributed by atoms with E-state index in [2.05, 4.69) is 31.7 Å². The molecule has 2 heteroatoms. The molecule has 0 N–H and O–H groups in total. The lowest BCUT2D eigenvalue weighted by atomic mass is 9.85. The topological polar surface area (TPSA) is 27.0 Å². The van der Waals surface area contributed by atoms with E-state index in [4.69, 9.17) is 5.26 Å². The van der Waals surface area contributed by atoms with Crippen LogP contribution in [0, 0.1) is 17.2 Å². The minimum atomic E-state index is 0.262. The van der Waals surface area contributed by atoms with Gasteiger partial charge in [-0.15, -0.1) is 0 Å². The SMILES string of the molecule is CCN1CC(C#N)CCC1(C)C. The molecule has 0 spiro atoms. The molecule has 0 saturated carbocycles. The van der Waals surface area contributed by atoms with Crippen LogP contribution in [0.2, 0.25) is 0 Å². The maximum absolute atomic E-state index is 8.80. The number of likely N-dealkylation sites (tertiary alicyclic amines) is 1. The molecule has 68 valence electrons. The molecule has 0 radical (unpaired) electrons. The van der Waals surface area contributed by atoms with Crippen LogP contribution >= 0.6 is 0 Å². The summed E-state index contributed by atoms with van der Waals surface area (Å²) in [5, 5.41) is 8.80. The molecular weight excluding hydrogens is 148 g/mol. The Kier molecular flexibility index (Phi) is 2.74. The van der Waals surface area contributed by atoms with Crippen molar-refractivity contribution in [1.82, 2.24) is 4.90 Å². The quantitative estimate of drug-likeness (QED) is 0.596. The summed E-state index contributed by atoms with van der Waals surface area (Å²) in [4.78, 5) is 2.41. The molecule has 0 aromatic rings. The Bertz CT molecular complexity index is 191. The molecule has 0 aliphatic carbocycles. The van der Waals surface area contributed by atoms with Gasteiger partial charge < -0.3 is 0 Å². The van der Waals surface area contributed by atoms with E-state index < -0.39 is 0 Å². The van der Waals surface area contributed by atoms with Gasteiger partial charge in [-0.25, -0.2) is 0 Å². The molecule has 1 saturated heterocycles. The van der Waals surface area contributed by atoms with Gasteiger partial charge in [-0.2, -0.15) is 5.26 Å². The zero-order valence-corrected chi connectivity index (χ0v) is 8.30. The zero-order chi connectivity index (χ0) is 9.19. The van der Waals surface area contributed by atoms with Gasteiger partial charge in [0, 0.05) is 12.1 Å². The van der Waals surface area contributed by atoms with Crippen molar-refractivity contribution >= 4 is 0 Å². The molecule has 0 bridgehead atoms. The first-order chi connectivity index (χ1) is 5.60. The third-order valence-corrected chi connectivity index (χ3v) is 2.97. The summed E-state index contributed by atoms with van der Waals surface area (Å²) in [6, 6.07) is 2.36. The van der Waals surface area contributed by atoms with Crippen molar-refractivity contribution < 1.29 is 0 Å². The van der Waals surface area contributed by atoms with E-state index in [1.54, 1.807) is 0 Å². The Balaban J connectivity index is 2.61. The van der Waals surface area contributed by atoms with Crippen molar-refractivity contribution in [2.24, 2.45) is 5.92 Å². The summed E-state index contributed by atoms with van der Waals surface area (Å²) < 4.78 is 0. The molecule has 0 amide bonds. The smallest absolute Gasteiger partial charge is 0.0669 e. The third-order valence-electron chi connectivity index (χ3n) is 2.97. The van der Waals surface area contributed by atoms with Crippen molar-refractivity contribution in [3.05, 3.63) is 0 Å². The van der Waals surface area contributed by atoms with Gasteiger partial charge >= 0.3 is 0 Å². The normalized spacial score (nSPS) is 29.7. The van der Waals surface area contributed by atoms with Gasteiger partial charge in [0.2, 0.25) is 0 Å². The van der Waals surface area contributed by atoms with E-state index in [9.17, 15) is 0 Å². The van der Waals surface area contributed by atoms with Crippen LogP contribution in [0.5, 0.6) is 0 Å². The van der Waals surface area contributed by atoms with Crippen LogP contribution in [0.3, 0.4) is 0 Å². The molecule has 0 aromatic heterocycles. The highest BCUT2D eigenvalue weighted by Gasteiger charge is 2.32. The second-order valence-corrected chi connectivity index (χ2v) is 4.22. The monoisotopic (exact) mass is 166 g/mol. The molecule has 1 atom stereocenters. The van der Waals surface area contributed by atoms with E-state index in [1.807, 2.05) is 0 Å². The predicted molar refractivity (Wildman–Crippen MR) is 49.7 cm³/mol. The van der Waals surface area contributed by atoms with Crippen molar-refractivity contribution in [3.63, 3.8) is 0 Å². The highest BCUT2D eigenvalue weighted by molar-refractivity contribution is 4.95. The molecule has 1 aliphatic rings. The fourth-order valence-corrected chi connectivity index (χ4v) is 1.95. The fraction of sp³-hybridized carbons (Fsp3) is 0.900. The zero-order valence-electron chi connectivity index (χ0n) is 8.30. The first kappa shape index (κ1) is 9.54. The second kappa shape index (κ2) is 3.45. The average molecular weight is 166 g/mol. The lowest BCUT2D eigenvalue weighted by Crippen LogP contribution is -2.49. The van der Waals surface area contributed by atoms with Crippen LogP contribution in [0.15, 0.2) is 0 Å². The molecule has 1 unspecified atom stereocenters. The van der Waals surface area contributed by atoms with Gasteiger partial charge in [0.05, 0.1) is 12.0 Å². The Morgan fingerprint density at radius 2 is 2.25 bits per heavy atom. The fourth-order valence-electron chi connectivity index (χ4n) is 1.95. The first-order valence-electron chi connectivity index (χ1n) is 4.75. The summed E-state index contributed by atoms with van der Waals surface area (Å²) in [6.45, 7) is 8.72. The largest absolute Gasteiger partial charge is 0.297 e. The van der Waals surface area contributed by atoms with Crippen LogP contribution in [0.25, 0.3) is 0 Å². The summed E-state index contributed by atoms with van der Waals surface area (Å²) in [7, 11) is 0. The van der Waals surface area contributed by atoms with Gasteiger partial charge in [-0.05, 0) is 33.2 Å². The van der Waals surface area contributed by atoms with Crippen molar-refractivity contribution in [2.45, 2.75) is 39.2 Å². The Morgan fingerprint density at radius 3 is 2.75 bits per heavy atom. The van der Waals surface area contributed by atoms with E-state index >= 15 is 0 Å². The van der Waals surface area contributed by atoms with Gasteiger partial charge in [0.15, 0.2) is 0 Å². The number of rotatable bonds is 1. The first-order valence-corrected chi connectivity index (χ1v) is 4.75. The maximum Gasteiger partial charge on any atom is 0.0669 e. The summed E-state index contributed by atoms with van der Waals surface area (Å²) in [6.07, 6.45) is 2.22. The number of nitriles is 1. The van der Waals surface area contributed by atoms with Gasteiger partial charge in [0.25, 0.3) is 0 Å². The van der Waals surface area contributed by atoms with Gasteiger partial charge in [-0.1, -0.05) is 6.92 Å². The van der Waals surface area contributed by atoms with Gasteiger partial charge in [0.1, 0.15) is 0 Å². The summed E-state index contributed by atoms with van der Waals surface area (Å²) >= 11 is 0. The van der Waals surface area contributed by atoms with Crippen LogP contribution < -0.4 is 0 Å². The molecule has 1 fully saturated rings. The lowest BCUT2D eigenvalue weighted by molar-refractivity contribution is 0.0651. The Hall–Kier alpha value is -0.550. The molecule has 0 aromatic carbocycles. The molecule has 1 rings (SSSR count). The molecule has 1 heterocycles. The Morgan fingerprint density at radius 1 is 1.58 bits per heavy atom. The van der Waals surface area contributed by atoms with Crippen LogP contribution in [0.1, 0.15) is 33.6 Å². The number of piperidine rings is 1. The van der Waals surface area contributed by atoms with Crippen molar-refractivity contribution in [3.8, 4) is 6.07 Å². The van der Waals surface area contributed by atoms with Crippen LogP contribution in [0.4, 0.5) is 0 Å². The van der Waals surface area contributed by atoms with E-state index in [0.717, 1.165) is 25.9 Å². The maximum atomic E-state index is 8.80. The predicted octanol–water partition coefficient (Wildman–Crippen LogP) is 2.02. The highest BCUT2D eigenvalue weighted by Crippen LogP contribution is 2.29. The minimum absolute atomic E-state index is 0.262. The van der Waals surface area contributed by atoms with Crippen LogP contribution in [-0.4, -0.2) is 23.5 Å².